The summed E-state index contributed by atoms with van der Waals surface area (Å²) in [5.74, 6) is -1.86. The average Bonchev–Trinajstić information content (AvgIpc) is 2.29. The monoisotopic (exact) mass is 302 g/mol. The lowest BCUT2D eigenvalue weighted by Crippen LogP contribution is -2.27. The zero-order valence-corrected chi connectivity index (χ0v) is 12.5. The zero-order chi connectivity index (χ0) is 15.1. The van der Waals surface area contributed by atoms with E-state index in [1.165, 1.54) is 20.8 Å². The molecule has 0 saturated heterocycles. The maximum atomic E-state index is 14.0. The lowest BCUT2D eigenvalue weighted by Gasteiger charge is -2.27. The molecule has 0 spiro atoms. The van der Waals surface area contributed by atoms with Crippen molar-refractivity contribution < 1.29 is 31.9 Å². The van der Waals surface area contributed by atoms with Gasteiger partial charge in [-0.05, 0) is 20.8 Å². The number of hydrogen-bond donors (Lipinski definition) is 0. The molecule has 0 bridgehead atoms. The van der Waals surface area contributed by atoms with Crippen molar-refractivity contribution in [2.75, 3.05) is 19.8 Å². The number of hydrogen-bond acceptors (Lipinski definition) is 5. The Morgan fingerprint density at radius 1 is 1.16 bits per heavy atom. The van der Waals surface area contributed by atoms with Crippen molar-refractivity contribution in [1.29, 1.82) is 0 Å². The first-order chi connectivity index (χ1) is 8.74. The minimum atomic E-state index is -4.58. The van der Waals surface area contributed by atoms with Crippen molar-refractivity contribution in [2.45, 2.75) is 39.8 Å². The molecule has 0 fully saturated rings. The molecular formula is C11H21F2O5P. The van der Waals surface area contributed by atoms with E-state index in [0.29, 0.717) is 0 Å². The summed E-state index contributed by atoms with van der Waals surface area (Å²) in [5.41, 5.74) is -3.73. The van der Waals surface area contributed by atoms with Gasteiger partial charge in [0, 0.05) is 6.42 Å². The van der Waals surface area contributed by atoms with Gasteiger partial charge >= 0.3 is 19.2 Å². The average molecular weight is 302 g/mol. The fourth-order valence-corrected chi connectivity index (χ4v) is 3.04. The Morgan fingerprint density at radius 2 is 1.63 bits per heavy atom. The smallest absolute Gasteiger partial charge is 0.399 e. The Labute approximate surface area is 112 Å². The number of halogens is 2. The van der Waals surface area contributed by atoms with Crippen LogP contribution in [0.15, 0.2) is 0 Å². The highest BCUT2D eigenvalue weighted by molar-refractivity contribution is 7.55. The SMILES string of the molecule is CCOC(=O)C(C)CC(F)(F)P(=O)(OCC)OCC. The van der Waals surface area contributed by atoms with E-state index in [1.807, 2.05) is 0 Å². The van der Waals surface area contributed by atoms with E-state index >= 15 is 0 Å². The predicted molar refractivity (Wildman–Crippen MR) is 66.2 cm³/mol. The molecule has 0 aliphatic heterocycles. The fraction of sp³-hybridized carbons (Fsp3) is 0.909. The Hall–Kier alpha value is -0.520. The van der Waals surface area contributed by atoms with E-state index in [-0.39, 0.29) is 19.8 Å². The molecule has 0 aromatic carbocycles. The van der Waals surface area contributed by atoms with Gasteiger partial charge in [-0.25, -0.2) is 0 Å². The normalized spacial score (nSPS) is 14.2. The van der Waals surface area contributed by atoms with Crippen molar-refractivity contribution in [3.8, 4) is 0 Å². The molecule has 0 saturated carbocycles. The number of carbonyl (C=O) groups is 1. The highest BCUT2D eigenvalue weighted by atomic mass is 31.2. The van der Waals surface area contributed by atoms with E-state index in [1.54, 1.807) is 6.92 Å². The van der Waals surface area contributed by atoms with E-state index in [0.717, 1.165) is 0 Å². The number of esters is 1. The molecule has 1 atom stereocenters. The molecule has 5 nitrogen and oxygen atoms in total. The first kappa shape index (κ1) is 18.5. The molecule has 19 heavy (non-hydrogen) atoms. The minimum absolute atomic E-state index is 0.101. The minimum Gasteiger partial charge on any atom is -0.466 e. The quantitative estimate of drug-likeness (QED) is 0.482. The molecule has 8 heteroatoms. The van der Waals surface area contributed by atoms with Crippen molar-refractivity contribution >= 4 is 13.6 Å². The van der Waals surface area contributed by atoms with Gasteiger partial charge in [-0.3, -0.25) is 9.36 Å². The molecule has 114 valence electrons. The number of rotatable bonds is 9. The largest absolute Gasteiger partial charge is 0.466 e. The van der Waals surface area contributed by atoms with Gasteiger partial charge in [-0.15, -0.1) is 0 Å². The summed E-state index contributed by atoms with van der Waals surface area (Å²) in [6.07, 6.45) is -0.941. The topological polar surface area (TPSA) is 61.8 Å². The maximum Gasteiger partial charge on any atom is 0.399 e. The molecule has 0 aliphatic rings. The van der Waals surface area contributed by atoms with Crippen LogP contribution in [0, 0.1) is 5.92 Å². The van der Waals surface area contributed by atoms with Crippen LogP contribution in [0.5, 0.6) is 0 Å². The van der Waals surface area contributed by atoms with Crippen LogP contribution < -0.4 is 0 Å². The summed E-state index contributed by atoms with van der Waals surface area (Å²) in [7, 11) is -4.58. The molecule has 0 aliphatic carbocycles. The standard InChI is InChI=1S/C11H21F2O5P/c1-5-16-10(14)9(4)8-11(12,13)19(15,17-6-2)18-7-3/h9H,5-8H2,1-4H3. The van der Waals surface area contributed by atoms with Gasteiger partial charge in [0.1, 0.15) is 0 Å². The van der Waals surface area contributed by atoms with Crippen LogP contribution in [0.2, 0.25) is 0 Å². The van der Waals surface area contributed by atoms with Crippen LogP contribution in [0.1, 0.15) is 34.1 Å². The van der Waals surface area contributed by atoms with Crippen LogP contribution in [-0.2, 0) is 23.1 Å². The summed E-state index contributed by atoms with van der Waals surface area (Å²) < 4.78 is 53.8. The summed E-state index contributed by atoms with van der Waals surface area (Å²) in [6.45, 7) is 5.51. The maximum absolute atomic E-state index is 14.0. The molecule has 0 radical (unpaired) electrons. The van der Waals surface area contributed by atoms with Gasteiger partial charge in [-0.2, -0.15) is 8.78 Å². The molecule has 0 rings (SSSR count). The van der Waals surface area contributed by atoms with Gasteiger partial charge in [0.25, 0.3) is 0 Å². The first-order valence-corrected chi connectivity index (χ1v) is 7.72. The third kappa shape index (κ3) is 5.16. The van der Waals surface area contributed by atoms with Crippen LogP contribution >= 0.6 is 7.60 Å². The van der Waals surface area contributed by atoms with Gasteiger partial charge in [0.05, 0.1) is 25.7 Å². The summed E-state index contributed by atoms with van der Waals surface area (Å²) in [6, 6.07) is 0. The van der Waals surface area contributed by atoms with Crippen molar-refractivity contribution in [3.63, 3.8) is 0 Å². The van der Waals surface area contributed by atoms with E-state index in [9.17, 15) is 18.1 Å². The molecule has 0 N–H and O–H groups in total. The van der Waals surface area contributed by atoms with Gasteiger partial charge in [0.2, 0.25) is 0 Å². The Kier molecular flexibility index (Phi) is 7.71. The second-order valence-corrected chi connectivity index (χ2v) is 6.02. The van der Waals surface area contributed by atoms with E-state index in [2.05, 4.69) is 13.8 Å². The Morgan fingerprint density at radius 3 is 2.00 bits per heavy atom. The zero-order valence-electron chi connectivity index (χ0n) is 11.7. The molecule has 1 unspecified atom stereocenters. The van der Waals surface area contributed by atoms with E-state index < -0.39 is 31.6 Å². The van der Waals surface area contributed by atoms with Crippen LogP contribution in [0.3, 0.4) is 0 Å². The fourth-order valence-electron chi connectivity index (χ4n) is 1.41. The lowest BCUT2D eigenvalue weighted by atomic mass is 10.1. The second kappa shape index (κ2) is 7.92. The van der Waals surface area contributed by atoms with Crippen LogP contribution in [0.4, 0.5) is 8.78 Å². The van der Waals surface area contributed by atoms with Gasteiger partial charge < -0.3 is 13.8 Å². The van der Waals surface area contributed by atoms with Gasteiger partial charge in [-0.1, -0.05) is 6.92 Å². The van der Waals surface area contributed by atoms with Crippen LogP contribution in [0.25, 0.3) is 0 Å². The number of alkyl halides is 2. The molecular weight excluding hydrogens is 281 g/mol. The molecule has 0 heterocycles. The highest BCUT2D eigenvalue weighted by Gasteiger charge is 2.54. The summed E-state index contributed by atoms with van der Waals surface area (Å²) in [4.78, 5) is 11.3. The Bertz CT molecular complexity index is 325. The van der Waals surface area contributed by atoms with Gasteiger partial charge in [0.15, 0.2) is 0 Å². The third-order valence-corrected chi connectivity index (χ3v) is 4.42. The first-order valence-electron chi connectivity index (χ1n) is 6.17. The highest BCUT2D eigenvalue weighted by Crippen LogP contribution is 2.63. The second-order valence-electron chi connectivity index (χ2n) is 3.86. The predicted octanol–water partition coefficient (Wildman–Crippen LogP) is 3.43. The lowest BCUT2D eigenvalue weighted by molar-refractivity contribution is -0.149. The number of ether oxygens (including phenoxy) is 1. The Balaban J connectivity index is 4.91. The van der Waals surface area contributed by atoms with Crippen molar-refractivity contribution in [2.24, 2.45) is 5.92 Å². The summed E-state index contributed by atoms with van der Waals surface area (Å²) in [5, 5.41) is 0. The van der Waals surface area contributed by atoms with Crippen LogP contribution in [-0.4, -0.2) is 31.5 Å². The molecule has 0 amide bonds. The molecule has 0 aromatic heterocycles. The summed E-state index contributed by atoms with van der Waals surface area (Å²) >= 11 is 0. The van der Waals surface area contributed by atoms with Crippen molar-refractivity contribution in [1.82, 2.24) is 0 Å². The molecule has 0 aromatic rings. The number of carbonyl (C=O) groups excluding carboxylic acids is 1. The van der Waals surface area contributed by atoms with E-state index in [4.69, 9.17) is 0 Å². The van der Waals surface area contributed by atoms with Crippen molar-refractivity contribution in [3.05, 3.63) is 0 Å². The third-order valence-electron chi connectivity index (χ3n) is 2.24.